The Morgan fingerprint density at radius 1 is 1.27 bits per heavy atom. The molecule has 0 aliphatic heterocycles. The SMILES string of the molecule is C#CCOC(=O)c1ccc2nc(-c3ccc(Cl)cc3)[nH]c2c1. The van der Waals surface area contributed by atoms with Crippen molar-refractivity contribution < 1.29 is 9.53 Å². The molecule has 3 rings (SSSR count). The second kappa shape index (κ2) is 5.92. The normalized spacial score (nSPS) is 10.4. The number of fused-ring (bicyclic) bond motifs is 1. The molecule has 0 bridgehead atoms. The fourth-order valence-corrected chi connectivity index (χ4v) is 2.20. The Morgan fingerprint density at radius 2 is 2.05 bits per heavy atom. The first kappa shape index (κ1) is 14.2. The van der Waals surface area contributed by atoms with Crippen LogP contribution in [0.15, 0.2) is 42.5 Å². The lowest BCUT2D eigenvalue weighted by Crippen LogP contribution is -2.04. The molecule has 0 aliphatic rings. The lowest BCUT2D eigenvalue weighted by molar-refractivity contribution is 0.0557. The Morgan fingerprint density at radius 3 is 2.77 bits per heavy atom. The lowest BCUT2D eigenvalue weighted by Gasteiger charge is -2.00. The molecule has 1 N–H and O–H groups in total. The molecule has 4 nitrogen and oxygen atoms in total. The summed E-state index contributed by atoms with van der Waals surface area (Å²) in [6.45, 7) is -0.0458. The molecule has 0 unspecified atom stereocenters. The van der Waals surface area contributed by atoms with Gasteiger partial charge in [-0.3, -0.25) is 0 Å². The number of aromatic nitrogens is 2. The van der Waals surface area contributed by atoms with E-state index in [1.807, 2.05) is 12.1 Å². The van der Waals surface area contributed by atoms with Crippen LogP contribution in [0, 0.1) is 12.3 Å². The van der Waals surface area contributed by atoms with E-state index in [1.54, 1.807) is 30.3 Å². The average Bonchev–Trinajstić information content (AvgIpc) is 2.96. The van der Waals surface area contributed by atoms with Crippen LogP contribution in [-0.4, -0.2) is 22.5 Å². The summed E-state index contributed by atoms with van der Waals surface area (Å²) in [6, 6.07) is 12.5. The number of imidazole rings is 1. The number of halogens is 1. The molecule has 0 saturated heterocycles. The van der Waals surface area contributed by atoms with Gasteiger partial charge >= 0.3 is 5.97 Å². The molecular weight excluding hydrogens is 300 g/mol. The van der Waals surface area contributed by atoms with Gasteiger partial charge in [0.1, 0.15) is 5.82 Å². The Hall–Kier alpha value is -2.77. The van der Waals surface area contributed by atoms with E-state index in [2.05, 4.69) is 15.9 Å². The number of terminal acetylenes is 1. The second-order valence-electron chi connectivity index (χ2n) is 4.60. The van der Waals surface area contributed by atoms with E-state index in [4.69, 9.17) is 22.8 Å². The number of nitrogens with one attached hydrogen (secondary N) is 1. The summed E-state index contributed by atoms with van der Waals surface area (Å²) in [6.07, 6.45) is 5.07. The summed E-state index contributed by atoms with van der Waals surface area (Å²) in [4.78, 5) is 19.5. The van der Waals surface area contributed by atoms with Crippen molar-refractivity contribution in [1.82, 2.24) is 9.97 Å². The van der Waals surface area contributed by atoms with Gasteiger partial charge < -0.3 is 9.72 Å². The van der Waals surface area contributed by atoms with Crippen LogP contribution in [0.1, 0.15) is 10.4 Å². The number of benzene rings is 2. The predicted molar refractivity (Wildman–Crippen MR) is 85.7 cm³/mol. The number of rotatable bonds is 3. The van der Waals surface area contributed by atoms with Gasteiger partial charge in [0.25, 0.3) is 0 Å². The van der Waals surface area contributed by atoms with Crippen LogP contribution in [0.5, 0.6) is 0 Å². The summed E-state index contributed by atoms with van der Waals surface area (Å²) in [5.41, 5.74) is 2.85. The van der Waals surface area contributed by atoms with Crippen molar-refractivity contribution in [3.05, 3.63) is 53.1 Å². The highest BCUT2D eigenvalue weighted by molar-refractivity contribution is 6.30. The monoisotopic (exact) mass is 310 g/mol. The van der Waals surface area contributed by atoms with Gasteiger partial charge in [0.15, 0.2) is 6.61 Å². The Balaban J connectivity index is 1.95. The molecule has 5 heteroatoms. The molecule has 1 aromatic heterocycles. The molecule has 2 aromatic carbocycles. The van der Waals surface area contributed by atoms with Crippen LogP contribution < -0.4 is 0 Å². The first-order valence-electron chi connectivity index (χ1n) is 6.53. The number of aromatic amines is 1. The van der Waals surface area contributed by atoms with Crippen LogP contribution in [0.2, 0.25) is 5.02 Å². The van der Waals surface area contributed by atoms with Crippen LogP contribution >= 0.6 is 11.6 Å². The predicted octanol–water partition coefficient (Wildman–Crippen LogP) is 3.67. The van der Waals surface area contributed by atoms with Crippen molar-refractivity contribution in [1.29, 1.82) is 0 Å². The standard InChI is InChI=1S/C17H11ClN2O2/c1-2-9-22-17(21)12-5-8-14-15(10-12)20-16(19-14)11-3-6-13(18)7-4-11/h1,3-8,10H,9H2,(H,19,20). The van der Waals surface area contributed by atoms with E-state index in [1.165, 1.54) is 0 Å². The van der Waals surface area contributed by atoms with Gasteiger partial charge in [0.2, 0.25) is 0 Å². The third kappa shape index (κ3) is 2.80. The molecule has 0 spiro atoms. The number of H-pyrrole nitrogens is 1. The minimum atomic E-state index is -0.456. The Kier molecular flexibility index (Phi) is 3.82. The molecule has 22 heavy (non-hydrogen) atoms. The fraction of sp³-hybridized carbons (Fsp3) is 0.0588. The molecule has 1 heterocycles. The molecule has 108 valence electrons. The number of hydrogen-bond donors (Lipinski definition) is 1. The van der Waals surface area contributed by atoms with Crippen molar-refractivity contribution in [3.63, 3.8) is 0 Å². The zero-order chi connectivity index (χ0) is 15.5. The molecule has 0 saturated carbocycles. The summed E-state index contributed by atoms with van der Waals surface area (Å²) in [5, 5.41) is 0.665. The zero-order valence-corrected chi connectivity index (χ0v) is 12.2. The van der Waals surface area contributed by atoms with Crippen LogP contribution in [0.3, 0.4) is 0 Å². The quantitative estimate of drug-likeness (QED) is 0.593. The molecule has 0 amide bonds. The largest absolute Gasteiger partial charge is 0.449 e. The number of nitrogens with zero attached hydrogens (tertiary/aromatic N) is 1. The fourth-order valence-electron chi connectivity index (χ4n) is 2.07. The zero-order valence-electron chi connectivity index (χ0n) is 11.5. The minimum Gasteiger partial charge on any atom is -0.449 e. The molecule has 0 fully saturated rings. The number of carbonyl (C=O) groups excluding carboxylic acids is 1. The third-order valence-electron chi connectivity index (χ3n) is 3.12. The van der Waals surface area contributed by atoms with E-state index in [0.29, 0.717) is 16.4 Å². The van der Waals surface area contributed by atoms with Gasteiger partial charge in [-0.15, -0.1) is 6.42 Å². The second-order valence-corrected chi connectivity index (χ2v) is 5.04. The van der Waals surface area contributed by atoms with Crippen molar-refractivity contribution in [2.75, 3.05) is 6.61 Å². The summed E-state index contributed by atoms with van der Waals surface area (Å²) in [7, 11) is 0. The van der Waals surface area contributed by atoms with Gasteiger partial charge in [-0.2, -0.15) is 0 Å². The summed E-state index contributed by atoms with van der Waals surface area (Å²) >= 11 is 5.88. The lowest BCUT2D eigenvalue weighted by atomic mass is 10.2. The smallest absolute Gasteiger partial charge is 0.339 e. The highest BCUT2D eigenvalue weighted by Crippen LogP contribution is 2.23. The van der Waals surface area contributed by atoms with E-state index in [9.17, 15) is 4.79 Å². The van der Waals surface area contributed by atoms with Gasteiger partial charge in [-0.25, -0.2) is 9.78 Å². The van der Waals surface area contributed by atoms with Gasteiger partial charge in [-0.05, 0) is 42.5 Å². The van der Waals surface area contributed by atoms with E-state index >= 15 is 0 Å². The number of hydrogen-bond acceptors (Lipinski definition) is 3. The maximum absolute atomic E-state index is 11.8. The topological polar surface area (TPSA) is 55.0 Å². The van der Waals surface area contributed by atoms with Crippen molar-refractivity contribution >= 4 is 28.6 Å². The molecule has 0 radical (unpaired) electrons. The molecular formula is C17H11ClN2O2. The van der Waals surface area contributed by atoms with Crippen molar-refractivity contribution in [2.24, 2.45) is 0 Å². The van der Waals surface area contributed by atoms with Crippen LogP contribution in [0.4, 0.5) is 0 Å². The van der Waals surface area contributed by atoms with Gasteiger partial charge in [0.05, 0.1) is 16.6 Å². The summed E-state index contributed by atoms with van der Waals surface area (Å²) in [5.74, 6) is 2.51. The molecule has 3 aromatic rings. The Bertz CT molecular complexity index is 876. The van der Waals surface area contributed by atoms with E-state index in [0.717, 1.165) is 16.6 Å². The number of carbonyl (C=O) groups is 1. The number of esters is 1. The first-order valence-corrected chi connectivity index (χ1v) is 6.91. The van der Waals surface area contributed by atoms with Crippen LogP contribution in [-0.2, 0) is 4.74 Å². The first-order chi connectivity index (χ1) is 10.7. The van der Waals surface area contributed by atoms with Crippen molar-refractivity contribution in [3.8, 4) is 23.7 Å². The maximum atomic E-state index is 11.8. The Labute approximate surface area is 132 Å². The molecule has 0 atom stereocenters. The highest BCUT2D eigenvalue weighted by atomic mass is 35.5. The third-order valence-corrected chi connectivity index (χ3v) is 3.37. The maximum Gasteiger partial charge on any atom is 0.339 e. The molecule has 0 aliphatic carbocycles. The van der Waals surface area contributed by atoms with Crippen molar-refractivity contribution in [2.45, 2.75) is 0 Å². The minimum absolute atomic E-state index is 0.0458. The summed E-state index contributed by atoms with van der Waals surface area (Å²) < 4.78 is 4.91. The highest BCUT2D eigenvalue weighted by Gasteiger charge is 2.10. The van der Waals surface area contributed by atoms with E-state index in [-0.39, 0.29) is 6.61 Å². The van der Waals surface area contributed by atoms with E-state index < -0.39 is 5.97 Å². The average molecular weight is 311 g/mol. The van der Waals surface area contributed by atoms with Gasteiger partial charge in [0, 0.05) is 10.6 Å². The number of ether oxygens (including phenoxy) is 1. The van der Waals surface area contributed by atoms with Gasteiger partial charge in [-0.1, -0.05) is 17.5 Å². The van der Waals surface area contributed by atoms with Crippen LogP contribution in [0.25, 0.3) is 22.4 Å².